The van der Waals surface area contributed by atoms with Crippen LogP contribution in [-0.2, 0) is 19.4 Å². The summed E-state index contributed by atoms with van der Waals surface area (Å²) < 4.78 is 2.20. The Balaban J connectivity index is 1.45. The monoisotopic (exact) mass is 467 g/mol. The average molecular weight is 468 g/mol. The molecule has 1 aromatic heterocycles. The number of benzene rings is 3. The highest BCUT2D eigenvalue weighted by Gasteiger charge is 2.33. The van der Waals surface area contributed by atoms with Crippen LogP contribution < -0.4 is 5.32 Å². The van der Waals surface area contributed by atoms with E-state index in [1.807, 2.05) is 53.4 Å². The molecule has 4 aromatic rings. The van der Waals surface area contributed by atoms with E-state index in [2.05, 4.69) is 46.4 Å². The van der Waals surface area contributed by atoms with Crippen LogP contribution in [0.3, 0.4) is 0 Å². The van der Waals surface area contributed by atoms with Crippen molar-refractivity contribution in [3.8, 4) is 5.69 Å². The van der Waals surface area contributed by atoms with Gasteiger partial charge in [0.15, 0.2) is 0 Å². The van der Waals surface area contributed by atoms with Gasteiger partial charge in [0, 0.05) is 22.6 Å². The predicted molar refractivity (Wildman–Crippen MR) is 137 cm³/mol. The molecule has 0 spiro atoms. The van der Waals surface area contributed by atoms with Gasteiger partial charge < -0.3 is 14.8 Å². The van der Waals surface area contributed by atoms with E-state index < -0.39 is 0 Å². The topological polar surface area (TPSA) is 37.3 Å². The fourth-order valence-corrected chi connectivity index (χ4v) is 5.55. The summed E-state index contributed by atoms with van der Waals surface area (Å²) in [6, 6.07) is 26.2. The van der Waals surface area contributed by atoms with E-state index in [1.165, 1.54) is 17.5 Å². The molecule has 170 valence electrons. The van der Waals surface area contributed by atoms with Gasteiger partial charge >= 0.3 is 6.03 Å². The van der Waals surface area contributed by atoms with Gasteiger partial charge in [-0.05, 0) is 84.3 Å². The highest BCUT2D eigenvalue weighted by molar-refractivity contribution is 6.30. The number of fused-ring (bicyclic) bond motifs is 4. The van der Waals surface area contributed by atoms with Crippen molar-refractivity contribution in [1.29, 1.82) is 0 Å². The number of hydrogen-bond acceptors (Lipinski definition) is 1. The Morgan fingerprint density at radius 1 is 0.853 bits per heavy atom. The van der Waals surface area contributed by atoms with E-state index in [4.69, 9.17) is 11.6 Å². The maximum absolute atomic E-state index is 14.0. The van der Waals surface area contributed by atoms with Gasteiger partial charge in [0.1, 0.15) is 0 Å². The maximum atomic E-state index is 14.0. The number of aromatic nitrogens is 1. The lowest BCUT2D eigenvalue weighted by Gasteiger charge is -2.31. The first kappa shape index (κ1) is 21.1. The van der Waals surface area contributed by atoms with Crippen LogP contribution in [0.1, 0.15) is 46.8 Å². The number of amides is 2. The summed E-state index contributed by atoms with van der Waals surface area (Å²) in [5.41, 5.74) is 7.87. The Labute approximate surface area is 204 Å². The first-order valence-electron chi connectivity index (χ1n) is 11.9. The molecule has 5 heteroatoms. The Bertz CT molecular complexity index is 1360. The van der Waals surface area contributed by atoms with Gasteiger partial charge in [-0.1, -0.05) is 54.1 Å². The third-order valence-electron chi connectivity index (χ3n) is 7.05. The zero-order valence-electron chi connectivity index (χ0n) is 18.9. The number of nitrogens with one attached hydrogen (secondary N) is 1. The largest absolute Gasteiger partial charge is 0.322 e. The second-order valence-electron chi connectivity index (χ2n) is 9.09. The second kappa shape index (κ2) is 8.69. The molecule has 0 saturated carbocycles. The molecule has 34 heavy (non-hydrogen) atoms. The zero-order valence-corrected chi connectivity index (χ0v) is 19.6. The lowest BCUT2D eigenvalue weighted by molar-refractivity contribution is 0.194. The number of anilines is 1. The van der Waals surface area contributed by atoms with Crippen molar-refractivity contribution in [1.82, 2.24) is 9.47 Å². The number of para-hydroxylation sites is 1. The van der Waals surface area contributed by atoms with Crippen LogP contribution in [0.5, 0.6) is 0 Å². The molecule has 0 unspecified atom stereocenters. The number of rotatable bonds is 2. The van der Waals surface area contributed by atoms with E-state index in [9.17, 15) is 4.79 Å². The Hall–Kier alpha value is -3.50. The van der Waals surface area contributed by atoms with Crippen molar-refractivity contribution in [2.24, 2.45) is 0 Å². The number of carbonyl (C=O) groups excluding carboxylic acids is 1. The molecule has 2 heterocycles. The summed E-state index contributed by atoms with van der Waals surface area (Å²) in [6.45, 7) is 0.506. The number of carbonyl (C=O) groups is 1. The lowest BCUT2D eigenvalue weighted by Crippen LogP contribution is -2.38. The minimum absolute atomic E-state index is 0.0941. The molecule has 1 atom stereocenters. The second-order valence-corrected chi connectivity index (χ2v) is 9.53. The van der Waals surface area contributed by atoms with Gasteiger partial charge in [-0.3, -0.25) is 0 Å². The van der Waals surface area contributed by atoms with Crippen LogP contribution >= 0.6 is 11.6 Å². The molecular weight excluding hydrogens is 442 g/mol. The summed E-state index contributed by atoms with van der Waals surface area (Å²) in [7, 11) is 0. The van der Waals surface area contributed by atoms with E-state index in [-0.39, 0.29) is 12.1 Å². The van der Waals surface area contributed by atoms with Crippen LogP contribution in [0.25, 0.3) is 5.69 Å². The van der Waals surface area contributed by atoms with Crippen LogP contribution in [0, 0.1) is 0 Å². The third kappa shape index (κ3) is 3.68. The third-order valence-corrected chi connectivity index (χ3v) is 7.30. The van der Waals surface area contributed by atoms with Crippen LogP contribution in [0.2, 0.25) is 5.02 Å². The molecule has 2 amide bonds. The van der Waals surface area contributed by atoms with Crippen LogP contribution in [0.4, 0.5) is 10.5 Å². The van der Waals surface area contributed by atoms with Crippen molar-refractivity contribution >= 4 is 23.3 Å². The Morgan fingerprint density at radius 3 is 2.53 bits per heavy atom. The van der Waals surface area contributed by atoms with Gasteiger partial charge in [-0.15, -0.1) is 0 Å². The first-order valence-corrected chi connectivity index (χ1v) is 12.3. The van der Waals surface area contributed by atoms with Gasteiger partial charge in [0.25, 0.3) is 0 Å². The zero-order chi connectivity index (χ0) is 23.1. The molecule has 1 N–H and O–H groups in total. The molecule has 1 aliphatic carbocycles. The molecule has 0 saturated heterocycles. The number of hydrogen-bond donors (Lipinski definition) is 1. The quantitative estimate of drug-likeness (QED) is 0.334. The van der Waals surface area contributed by atoms with E-state index in [0.717, 1.165) is 47.5 Å². The number of halogens is 1. The molecule has 2 aliphatic rings. The average Bonchev–Trinajstić information content (AvgIpc) is 3.29. The summed E-state index contributed by atoms with van der Waals surface area (Å²) in [5, 5.41) is 3.97. The highest BCUT2D eigenvalue weighted by Crippen LogP contribution is 2.37. The lowest BCUT2D eigenvalue weighted by atomic mass is 9.90. The van der Waals surface area contributed by atoms with Gasteiger partial charge in [0.2, 0.25) is 0 Å². The first-order chi connectivity index (χ1) is 16.7. The minimum Gasteiger partial charge on any atom is -0.318 e. The number of nitrogens with zero attached hydrogens (tertiary/aromatic N) is 2. The fraction of sp³-hybridized carbons (Fsp3) is 0.207. The molecule has 3 aromatic carbocycles. The predicted octanol–water partition coefficient (Wildman–Crippen LogP) is 7.15. The van der Waals surface area contributed by atoms with Crippen LogP contribution in [0.15, 0.2) is 85.1 Å². The number of aryl methyl sites for hydroxylation is 1. The van der Waals surface area contributed by atoms with Gasteiger partial charge in [-0.2, -0.15) is 0 Å². The van der Waals surface area contributed by atoms with Crippen molar-refractivity contribution in [2.75, 3.05) is 5.32 Å². The fourth-order valence-electron chi connectivity index (χ4n) is 5.42. The smallest absolute Gasteiger partial charge is 0.318 e. The van der Waals surface area contributed by atoms with Crippen molar-refractivity contribution in [3.05, 3.63) is 118 Å². The standard InChI is InChI=1S/C29H26ClN3O/c30-23-16-14-21(15-17-23)28-27-13-6-18-32(27)26-12-4-2-8-22(26)19-33(28)29(34)31-25-11-5-9-20-7-1-3-10-24(20)25/h2,4-6,8-9,11-18,28H,1,3,7,10,19H2,(H,31,34)/t28-/m0/s1. The van der Waals surface area contributed by atoms with E-state index in [1.54, 1.807) is 0 Å². The Morgan fingerprint density at radius 2 is 1.65 bits per heavy atom. The normalized spacial score (nSPS) is 16.7. The van der Waals surface area contributed by atoms with E-state index >= 15 is 0 Å². The van der Waals surface area contributed by atoms with Crippen LogP contribution in [-0.4, -0.2) is 15.5 Å². The van der Waals surface area contributed by atoms with E-state index in [0.29, 0.717) is 11.6 Å². The molecule has 0 radical (unpaired) electrons. The summed E-state index contributed by atoms with van der Waals surface area (Å²) in [4.78, 5) is 15.9. The summed E-state index contributed by atoms with van der Waals surface area (Å²) in [6.07, 6.45) is 6.54. The highest BCUT2D eigenvalue weighted by atomic mass is 35.5. The van der Waals surface area contributed by atoms with Gasteiger partial charge in [-0.25, -0.2) is 4.79 Å². The molecule has 0 fully saturated rings. The summed E-state index contributed by atoms with van der Waals surface area (Å²) >= 11 is 6.21. The van der Waals surface area contributed by atoms with Gasteiger partial charge in [0.05, 0.1) is 18.3 Å². The maximum Gasteiger partial charge on any atom is 0.322 e. The van der Waals surface area contributed by atoms with Crippen molar-refractivity contribution < 1.29 is 4.79 Å². The number of urea groups is 1. The minimum atomic E-state index is -0.251. The van der Waals surface area contributed by atoms with Crippen molar-refractivity contribution in [3.63, 3.8) is 0 Å². The molecule has 1 aliphatic heterocycles. The SMILES string of the molecule is O=C(Nc1cccc2c1CCCC2)N1Cc2ccccc2-n2cccc2[C@@H]1c1ccc(Cl)cc1. The molecule has 4 nitrogen and oxygen atoms in total. The molecule has 0 bridgehead atoms. The Kier molecular flexibility index (Phi) is 5.39. The van der Waals surface area contributed by atoms with Crippen molar-refractivity contribution in [2.45, 2.75) is 38.3 Å². The molecule has 6 rings (SSSR count). The summed E-state index contributed by atoms with van der Waals surface area (Å²) in [5.74, 6) is 0. The molecular formula is C29H26ClN3O.